The number of aromatic nitrogens is 2. The lowest BCUT2D eigenvalue weighted by Crippen LogP contribution is -2.41. The van der Waals surface area contributed by atoms with Gasteiger partial charge in [-0.15, -0.1) is 5.10 Å². The van der Waals surface area contributed by atoms with Crippen LogP contribution < -0.4 is 10.8 Å². The summed E-state index contributed by atoms with van der Waals surface area (Å²) >= 11 is 0. The molecule has 0 radical (unpaired) electrons. The average Bonchev–Trinajstić information content (AvgIpc) is 3.47. The molecule has 1 aromatic heterocycles. The van der Waals surface area contributed by atoms with E-state index in [9.17, 15) is 14.7 Å². The van der Waals surface area contributed by atoms with Gasteiger partial charge < -0.3 is 19.7 Å². The predicted molar refractivity (Wildman–Crippen MR) is 145 cm³/mol. The van der Waals surface area contributed by atoms with Crippen LogP contribution in [0, 0.1) is 5.92 Å². The fraction of sp³-hybridized carbons (Fsp3) is 0.607. The molecule has 4 rings (SSSR count). The fourth-order valence-electron chi connectivity index (χ4n) is 5.05. The molecule has 1 unspecified atom stereocenters. The highest BCUT2D eigenvalue weighted by Crippen LogP contribution is 2.47. The van der Waals surface area contributed by atoms with Crippen LogP contribution >= 0.6 is 0 Å². The maximum Gasteiger partial charge on any atom is 0.494 e. The Bertz CT molecular complexity index is 1190. The van der Waals surface area contributed by atoms with Crippen LogP contribution in [-0.4, -0.2) is 45.2 Å². The Morgan fingerprint density at radius 2 is 1.73 bits per heavy atom. The molecule has 2 heterocycles. The van der Waals surface area contributed by atoms with E-state index >= 15 is 0 Å². The Hall–Kier alpha value is -2.65. The lowest BCUT2D eigenvalue weighted by atomic mass is 9.76. The fourth-order valence-corrected chi connectivity index (χ4v) is 5.05. The number of hydrogen-bond acceptors (Lipinski definition) is 5. The van der Waals surface area contributed by atoms with E-state index in [4.69, 9.17) is 9.31 Å². The van der Waals surface area contributed by atoms with Crippen LogP contribution in [0.5, 0.6) is 0 Å². The molecule has 1 aliphatic heterocycles. The summed E-state index contributed by atoms with van der Waals surface area (Å²) in [5, 5.41) is 17.2. The van der Waals surface area contributed by atoms with E-state index in [1.165, 1.54) is 0 Å². The Kier molecular flexibility index (Phi) is 6.87. The Morgan fingerprint density at radius 1 is 1.14 bits per heavy atom. The van der Waals surface area contributed by atoms with E-state index in [1.54, 1.807) is 0 Å². The second kappa shape index (κ2) is 9.28. The smallest absolute Gasteiger partial charge is 0.463 e. The third kappa shape index (κ3) is 5.21. The summed E-state index contributed by atoms with van der Waals surface area (Å²) in [5.74, 6) is -0.231. The van der Waals surface area contributed by atoms with Gasteiger partial charge in [-0.1, -0.05) is 58.9 Å². The zero-order valence-electron chi connectivity index (χ0n) is 23.5. The number of carboxylic acid groups (broad SMARTS) is 1. The zero-order chi connectivity index (χ0) is 27.5. The van der Waals surface area contributed by atoms with Gasteiger partial charge in [0.05, 0.1) is 22.8 Å². The molecule has 0 bridgehead atoms. The van der Waals surface area contributed by atoms with Crippen molar-refractivity contribution in [2.45, 2.75) is 104 Å². The predicted octanol–water partition coefficient (Wildman–Crippen LogP) is 5.26. The molecular formula is C28H40BN3O5. The number of benzene rings is 1. The highest BCUT2D eigenvalue weighted by Gasteiger charge is 2.51. The monoisotopic (exact) mass is 509 g/mol. The quantitative estimate of drug-likeness (QED) is 0.515. The van der Waals surface area contributed by atoms with Crippen molar-refractivity contribution in [2.24, 2.45) is 5.92 Å². The van der Waals surface area contributed by atoms with E-state index in [0.29, 0.717) is 11.5 Å². The van der Waals surface area contributed by atoms with Gasteiger partial charge in [0.1, 0.15) is 0 Å². The van der Waals surface area contributed by atoms with E-state index in [0.717, 1.165) is 34.1 Å². The molecular weight excluding hydrogens is 469 g/mol. The topological polar surface area (TPSA) is 103 Å². The molecule has 1 atom stereocenters. The Labute approximate surface area is 220 Å². The lowest BCUT2D eigenvalue weighted by molar-refractivity contribution is -0.118. The summed E-state index contributed by atoms with van der Waals surface area (Å²) in [5.41, 5.74) is 1.87. The molecule has 2 aliphatic rings. The summed E-state index contributed by atoms with van der Waals surface area (Å²) in [7, 11) is -0.527. The molecule has 200 valence electrons. The minimum absolute atomic E-state index is 0.0175. The van der Waals surface area contributed by atoms with Gasteiger partial charge in [-0.05, 0) is 62.9 Å². The molecule has 1 saturated heterocycles. The van der Waals surface area contributed by atoms with E-state index in [2.05, 4.69) is 10.4 Å². The van der Waals surface area contributed by atoms with Gasteiger partial charge in [-0.25, -0.2) is 4.79 Å². The van der Waals surface area contributed by atoms with Crippen molar-refractivity contribution in [2.75, 3.05) is 5.32 Å². The van der Waals surface area contributed by atoms with Crippen LogP contribution in [0.1, 0.15) is 104 Å². The molecule has 1 saturated carbocycles. The van der Waals surface area contributed by atoms with E-state index < -0.39 is 35.7 Å². The molecule has 2 N–H and O–H groups in total. The van der Waals surface area contributed by atoms with Gasteiger partial charge in [0.25, 0.3) is 0 Å². The van der Waals surface area contributed by atoms with Crippen molar-refractivity contribution >= 4 is 30.4 Å². The summed E-state index contributed by atoms with van der Waals surface area (Å²) in [6.45, 7) is 18.1. The SMILES string of the molecule is CC(C)C(C(=O)Nc1nn(C(=O)O)c(C2CC2)c1C(C)(C)C)c1cccc(B2OC(C)(C)C(C)(C)O2)c1. The van der Waals surface area contributed by atoms with Gasteiger partial charge in [0, 0.05) is 11.5 Å². The first-order chi connectivity index (χ1) is 17.0. The van der Waals surface area contributed by atoms with Gasteiger partial charge in [-0.2, -0.15) is 4.68 Å². The van der Waals surface area contributed by atoms with Gasteiger partial charge >= 0.3 is 13.2 Å². The lowest BCUT2D eigenvalue weighted by Gasteiger charge is -2.32. The Balaban J connectivity index is 1.67. The minimum atomic E-state index is -1.14. The van der Waals surface area contributed by atoms with E-state index in [1.807, 2.05) is 86.6 Å². The van der Waals surface area contributed by atoms with Gasteiger partial charge in [0.2, 0.25) is 5.91 Å². The molecule has 37 heavy (non-hydrogen) atoms. The van der Waals surface area contributed by atoms with Crippen molar-refractivity contribution in [1.29, 1.82) is 0 Å². The minimum Gasteiger partial charge on any atom is -0.463 e. The first kappa shape index (κ1) is 27.4. The number of rotatable bonds is 6. The van der Waals surface area contributed by atoms with Crippen LogP contribution in [0.4, 0.5) is 10.6 Å². The zero-order valence-corrected chi connectivity index (χ0v) is 23.5. The molecule has 1 amide bonds. The third-order valence-corrected chi connectivity index (χ3v) is 7.80. The summed E-state index contributed by atoms with van der Waals surface area (Å²) < 4.78 is 13.5. The van der Waals surface area contributed by atoms with Crippen molar-refractivity contribution in [1.82, 2.24) is 9.78 Å². The van der Waals surface area contributed by atoms with Crippen LogP contribution in [0.2, 0.25) is 0 Å². The highest BCUT2D eigenvalue weighted by molar-refractivity contribution is 6.62. The molecule has 0 spiro atoms. The number of nitrogens with one attached hydrogen (secondary N) is 1. The maximum absolute atomic E-state index is 13.8. The second-order valence-corrected chi connectivity index (χ2v) is 12.8. The standard InChI is InChI=1S/C28H40BN3O5/c1-16(2)20(18-11-10-12-19(15-18)29-36-27(6,7)28(8,9)37-29)24(33)30-23-21(26(3,4)5)22(17-13-14-17)32(31-23)25(34)35/h10-12,15-17,20H,13-14H2,1-9H3,(H,34,35)(H,30,31,33). The summed E-state index contributed by atoms with van der Waals surface area (Å²) in [6.07, 6.45) is 0.717. The van der Waals surface area contributed by atoms with E-state index in [-0.39, 0.29) is 17.7 Å². The maximum atomic E-state index is 13.8. The first-order valence-corrected chi connectivity index (χ1v) is 13.2. The molecule has 9 heteroatoms. The number of amides is 1. The van der Waals surface area contributed by atoms with Crippen LogP contribution in [0.3, 0.4) is 0 Å². The van der Waals surface area contributed by atoms with Crippen molar-refractivity contribution < 1.29 is 24.0 Å². The number of nitrogens with zero attached hydrogens (tertiary/aromatic N) is 2. The molecule has 2 fully saturated rings. The molecule has 8 nitrogen and oxygen atoms in total. The largest absolute Gasteiger partial charge is 0.494 e. The van der Waals surface area contributed by atoms with Gasteiger partial charge in [-0.3, -0.25) is 4.79 Å². The van der Waals surface area contributed by atoms with Crippen molar-refractivity contribution in [3.8, 4) is 0 Å². The van der Waals surface area contributed by atoms with Crippen molar-refractivity contribution in [3.63, 3.8) is 0 Å². The van der Waals surface area contributed by atoms with Crippen LogP contribution in [0.25, 0.3) is 0 Å². The van der Waals surface area contributed by atoms with Crippen LogP contribution in [0.15, 0.2) is 24.3 Å². The first-order valence-electron chi connectivity index (χ1n) is 13.2. The molecule has 1 aromatic carbocycles. The number of hydrogen-bond donors (Lipinski definition) is 2. The van der Waals surface area contributed by atoms with Gasteiger partial charge in [0.15, 0.2) is 5.82 Å². The van der Waals surface area contributed by atoms with Crippen LogP contribution in [-0.2, 0) is 19.5 Å². The highest BCUT2D eigenvalue weighted by atomic mass is 16.7. The number of anilines is 1. The summed E-state index contributed by atoms with van der Waals surface area (Å²) in [4.78, 5) is 25.8. The molecule has 2 aromatic rings. The average molecular weight is 509 g/mol. The normalized spacial score (nSPS) is 19.8. The molecule has 1 aliphatic carbocycles. The summed E-state index contributed by atoms with van der Waals surface area (Å²) in [6, 6.07) is 7.79. The number of carbonyl (C=O) groups is 2. The number of carbonyl (C=O) groups excluding carboxylic acids is 1. The second-order valence-electron chi connectivity index (χ2n) is 12.8. The Morgan fingerprint density at radius 3 is 2.22 bits per heavy atom. The third-order valence-electron chi connectivity index (χ3n) is 7.80. The van der Waals surface area contributed by atoms with Crippen molar-refractivity contribution in [3.05, 3.63) is 41.1 Å².